The fraction of sp³-hybridized carbons (Fsp3) is 0.200. The van der Waals surface area contributed by atoms with E-state index in [0.29, 0.717) is 0 Å². The number of fused-ring (bicyclic) bond motifs is 14. The molecule has 0 atom stereocenters. The van der Waals surface area contributed by atoms with Gasteiger partial charge in [-0.1, -0.05) is 157 Å². The minimum absolute atomic E-state index is 0.0656. The zero-order valence-corrected chi connectivity index (χ0v) is 40.4. The van der Waals surface area contributed by atoms with E-state index in [0.717, 1.165) is 7.28 Å². The summed E-state index contributed by atoms with van der Waals surface area (Å²) in [5.74, 6) is 0. The summed E-state index contributed by atoms with van der Waals surface area (Å²) in [6.07, 6.45) is 2.41. The average Bonchev–Trinajstić information content (AvgIpc) is 3.89. The summed E-state index contributed by atoms with van der Waals surface area (Å²) in [5.41, 5.74) is 21.7. The maximum absolute atomic E-state index is 2.78. The number of benzene rings is 8. The number of rotatable bonds is 3. The molecule has 0 saturated carbocycles. The molecule has 4 aliphatic rings. The molecule has 2 aromatic heterocycles. The lowest BCUT2D eigenvalue weighted by Gasteiger charge is -2.51. The number of hydrogen-bond acceptors (Lipinski definition) is 4. The van der Waals surface area contributed by atoms with E-state index in [-0.39, 0.29) is 23.1 Å². The average molecular weight is 885 g/mol. The van der Waals surface area contributed by atoms with Crippen LogP contribution < -0.4 is 26.1 Å². The van der Waals surface area contributed by atoms with Crippen molar-refractivity contribution in [3.8, 4) is 22.3 Å². The minimum atomic E-state index is -0.185. The Hall–Kier alpha value is -6.07. The Labute approximate surface area is 396 Å². The Balaban J connectivity index is 1.17. The zero-order chi connectivity index (χ0) is 44.6. The van der Waals surface area contributed by atoms with Gasteiger partial charge < -0.3 is 9.71 Å². The summed E-state index contributed by atoms with van der Waals surface area (Å²) in [7, 11) is 0.977. The van der Waals surface area contributed by atoms with Crippen LogP contribution in [0.2, 0.25) is 6.82 Å². The van der Waals surface area contributed by atoms with E-state index in [1.54, 1.807) is 0 Å². The third-order valence-electron chi connectivity index (χ3n) is 16.4. The second kappa shape index (κ2) is 13.3. The zero-order valence-electron chi connectivity index (χ0n) is 38.8. The first-order valence-corrected chi connectivity index (χ1v) is 25.6. The summed E-state index contributed by atoms with van der Waals surface area (Å²) in [6, 6.07) is 56.9. The molecule has 0 N–H and O–H groups in total. The highest BCUT2D eigenvalue weighted by atomic mass is 32.1. The molecule has 0 bridgehead atoms. The van der Waals surface area contributed by atoms with Crippen LogP contribution in [0.25, 0.3) is 62.6 Å². The third-order valence-corrected chi connectivity index (χ3v) is 18.8. The Morgan fingerprint density at radius 3 is 2.05 bits per heavy atom. The molecule has 2 nitrogen and oxygen atoms in total. The molecule has 0 spiro atoms. The van der Waals surface area contributed by atoms with Crippen LogP contribution in [0, 0.1) is 0 Å². The molecule has 6 heteroatoms. The Morgan fingerprint density at radius 1 is 0.515 bits per heavy atom. The van der Waals surface area contributed by atoms with Crippen molar-refractivity contribution in [1.29, 1.82) is 0 Å². The van der Waals surface area contributed by atoms with Crippen LogP contribution in [-0.2, 0) is 16.2 Å². The van der Waals surface area contributed by atoms with E-state index in [4.69, 9.17) is 0 Å². The van der Waals surface area contributed by atoms with Crippen molar-refractivity contribution in [1.82, 2.24) is 0 Å². The van der Waals surface area contributed by atoms with Gasteiger partial charge in [0.15, 0.2) is 7.28 Å². The first-order valence-electron chi connectivity index (χ1n) is 24.0. The van der Waals surface area contributed by atoms with Gasteiger partial charge in [-0.05, 0) is 105 Å². The highest BCUT2D eigenvalue weighted by Gasteiger charge is 2.51. The predicted molar refractivity (Wildman–Crippen MR) is 291 cm³/mol. The van der Waals surface area contributed by atoms with Crippen LogP contribution in [0.1, 0.15) is 76.6 Å². The lowest BCUT2D eigenvalue weighted by molar-refractivity contribution is 0.332. The van der Waals surface area contributed by atoms with Gasteiger partial charge in [0.1, 0.15) is 0 Å². The lowest BCUT2D eigenvalue weighted by atomic mass is 9.42. The molecule has 0 saturated heterocycles. The maximum Gasteiger partial charge on any atom is 0.333 e. The Bertz CT molecular complexity index is 3760. The topological polar surface area (TPSA) is 6.48 Å². The molecule has 318 valence electrons. The van der Waals surface area contributed by atoms with Crippen molar-refractivity contribution in [2.45, 2.75) is 77.5 Å². The molecule has 8 aromatic carbocycles. The quantitative estimate of drug-likeness (QED) is 0.163. The van der Waals surface area contributed by atoms with Gasteiger partial charge in [-0.3, -0.25) is 0 Å². The SMILES string of the molecule is CBc1ccc(N2c3cc4sc5cc6c(cc5c4cc3B3c4c2cc2c(sc5ccccc52)c4-c2cccc4c2N3c2ccccc2C4(C)C)C(C)(C)CCC6(C)C)c(-c2ccccc2)c1. The van der Waals surface area contributed by atoms with E-state index < -0.39 is 0 Å². The number of anilines is 5. The standard InChI is InChI=1S/C60H50B2N2S2/c1-58(2)26-27-59(3,4)45-32-52-39(29-44(45)58)40-30-46-49(33-53(40)65-52)63(47-25-24-35(61-7)28-38(47)34-16-9-8-10-17-34)50-31-41-36-18-11-14-23-51(36)66-57(41)54-37-19-15-21-43-56(37)64(62(46)55(50)54)48-22-13-12-20-42(48)60(43,5)6/h8-25,28-33,61H,26-27H2,1-7H3. The number of thiophene rings is 2. The fourth-order valence-corrected chi connectivity index (χ4v) is 15.2. The van der Waals surface area contributed by atoms with Gasteiger partial charge in [0.2, 0.25) is 0 Å². The largest absolute Gasteiger partial charge is 0.376 e. The highest BCUT2D eigenvalue weighted by molar-refractivity contribution is 7.27. The first-order chi connectivity index (χ1) is 31.9. The van der Waals surface area contributed by atoms with Crippen LogP contribution in [0.4, 0.5) is 28.4 Å². The van der Waals surface area contributed by atoms with Gasteiger partial charge in [-0.15, -0.1) is 22.7 Å². The van der Waals surface area contributed by atoms with Crippen molar-refractivity contribution in [3.05, 3.63) is 168 Å². The molecule has 3 aliphatic heterocycles. The lowest BCUT2D eigenvalue weighted by Crippen LogP contribution is -2.63. The van der Waals surface area contributed by atoms with Crippen LogP contribution in [-0.4, -0.2) is 14.1 Å². The van der Waals surface area contributed by atoms with Gasteiger partial charge in [0.05, 0.1) is 5.69 Å². The maximum atomic E-state index is 2.78. The van der Waals surface area contributed by atoms with Crippen LogP contribution >= 0.6 is 22.7 Å². The monoisotopic (exact) mass is 884 g/mol. The second-order valence-electron chi connectivity index (χ2n) is 21.4. The smallest absolute Gasteiger partial charge is 0.333 e. The van der Waals surface area contributed by atoms with E-state index in [2.05, 4.69) is 204 Å². The molecule has 0 radical (unpaired) electrons. The molecule has 0 unspecified atom stereocenters. The molecule has 10 aromatic rings. The Morgan fingerprint density at radius 2 is 1.23 bits per heavy atom. The van der Waals surface area contributed by atoms with Gasteiger partial charge in [-0.25, -0.2) is 0 Å². The number of para-hydroxylation sites is 2. The van der Waals surface area contributed by atoms with Gasteiger partial charge in [0, 0.05) is 85.2 Å². The molecular weight excluding hydrogens is 834 g/mol. The molecular formula is C60H50B2N2S2. The molecule has 14 rings (SSSR count). The summed E-state index contributed by atoms with van der Waals surface area (Å²) in [4.78, 5) is 5.46. The Kier molecular flexibility index (Phi) is 7.89. The fourth-order valence-electron chi connectivity index (χ4n) is 12.8. The molecule has 0 fully saturated rings. The van der Waals surface area contributed by atoms with Crippen molar-refractivity contribution in [2.24, 2.45) is 0 Å². The van der Waals surface area contributed by atoms with Crippen molar-refractivity contribution >= 4 is 122 Å². The van der Waals surface area contributed by atoms with Crippen molar-refractivity contribution in [2.75, 3.05) is 9.71 Å². The van der Waals surface area contributed by atoms with Gasteiger partial charge in [0.25, 0.3) is 0 Å². The summed E-state index contributed by atoms with van der Waals surface area (Å²) in [6.45, 7) is 16.9. The van der Waals surface area contributed by atoms with E-state index in [1.807, 2.05) is 22.7 Å². The van der Waals surface area contributed by atoms with E-state index >= 15 is 0 Å². The predicted octanol–water partition coefficient (Wildman–Crippen LogP) is 14.9. The van der Waals surface area contributed by atoms with Crippen molar-refractivity contribution in [3.63, 3.8) is 0 Å². The van der Waals surface area contributed by atoms with Crippen molar-refractivity contribution < 1.29 is 0 Å². The first kappa shape index (κ1) is 39.1. The number of nitrogens with zero attached hydrogens (tertiary/aromatic N) is 2. The summed E-state index contributed by atoms with van der Waals surface area (Å²) >= 11 is 3.95. The van der Waals surface area contributed by atoms with Crippen LogP contribution in [0.15, 0.2) is 146 Å². The summed E-state index contributed by atoms with van der Waals surface area (Å²) in [5, 5.41) is 5.44. The van der Waals surface area contributed by atoms with Gasteiger partial charge >= 0.3 is 6.85 Å². The number of hydrogen-bond donors (Lipinski definition) is 0. The summed E-state index contributed by atoms with van der Waals surface area (Å²) < 4.78 is 5.47. The van der Waals surface area contributed by atoms with Crippen LogP contribution in [0.5, 0.6) is 0 Å². The highest BCUT2D eigenvalue weighted by Crippen LogP contribution is 2.59. The molecule has 1 aliphatic carbocycles. The minimum Gasteiger partial charge on any atom is -0.376 e. The third kappa shape index (κ3) is 5.10. The second-order valence-corrected chi connectivity index (χ2v) is 23.5. The van der Waals surface area contributed by atoms with E-state index in [1.165, 1.54) is 143 Å². The molecule has 66 heavy (non-hydrogen) atoms. The van der Waals surface area contributed by atoms with Gasteiger partial charge in [-0.2, -0.15) is 0 Å². The normalized spacial score (nSPS) is 16.9. The van der Waals surface area contributed by atoms with Crippen LogP contribution in [0.3, 0.4) is 0 Å². The molecule has 5 heterocycles. The molecule has 0 amide bonds. The van der Waals surface area contributed by atoms with E-state index in [9.17, 15) is 0 Å².